The minimum atomic E-state index is -0.552. The first kappa shape index (κ1) is 15.2. The van der Waals surface area contributed by atoms with Gasteiger partial charge in [-0.2, -0.15) is 0 Å². The molecule has 0 unspecified atom stereocenters. The summed E-state index contributed by atoms with van der Waals surface area (Å²) in [4.78, 5) is 15.8. The maximum absolute atomic E-state index is 11.6. The van der Waals surface area contributed by atoms with Crippen molar-refractivity contribution in [1.82, 2.24) is 4.98 Å². The van der Waals surface area contributed by atoms with Gasteiger partial charge in [-0.15, -0.1) is 0 Å². The summed E-state index contributed by atoms with van der Waals surface area (Å²) in [5, 5.41) is 2.60. The van der Waals surface area contributed by atoms with Gasteiger partial charge in [0.1, 0.15) is 14.8 Å². The van der Waals surface area contributed by atoms with Crippen molar-refractivity contribution in [3.8, 4) is 5.75 Å². The SMILES string of the molecule is COc1cc(NC(=O)OC(C)(C)C)c(Br)nc1Br. The molecule has 0 aliphatic carbocycles. The Morgan fingerprint density at radius 1 is 1.33 bits per heavy atom. The van der Waals surface area contributed by atoms with Crippen LogP contribution >= 0.6 is 31.9 Å². The second kappa shape index (κ2) is 5.88. The number of carbonyl (C=O) groups excluding carboxylic acids is 1. The first-order valence-corrected chi connectivity index (χ1v) is 6.71. The number of pyridine rings is 1. The fourth-order valence-electron chi connectivity index (χ4n) is 1.10. The van der Waals surface area contributed by atoms with Crippen LogP contribution in [0.25, 0.3) is 0 Å². The summed E-state index contributed by atoms with van der Waals surface area (Å²) in [6.45, 7) is 5.38. The van der Waals surface area contributed by atoms with Crippen molar-refractivity contribution in [2.45, 2.75) is 26.4 Å². The Labute approximate surface area is 123 Å². The number of halogens is 2. The van der Waals surface area contributed by atoms with Crippen LogP contribution < -0.4 is 10.1 Å². The molecule has 0 aromatic carbocycles. The number of amides is 1. The number of carbonyl (C=O) groups is 1. The summed E-state index contributed by atoms with van der Waals surface area (Å²) < 4.78 is 11.3. The highest BCUT2D eigenvalue weighted by Crippen LogP contribution is 2.31. The molecule has 0 spiro atoms. The fraction of sp³-hybridized carbons (Fsp3) is 0.455. The Kier molecular flexibility index (Phi) is 4.98. The van der Waals surface area contributed by atoms with E-state index in [1.54, 1.807) is 26.8 Å². The highest BCUT2D eigenvalue weighted by Gasteiger charge is 2.18. The van der Waals surface area contributed by atoms with Crippen molar-refractivity contribution in [2.75, 3.05) is 12.4 Å². The van der Waals surface area contributed by atoms with Crippen LogP contribution in [0.5, 0.6) is 5.75 Å². The van der Waals surface area contributed by atoms with Gasteiger partial charge in [-0.05, 0) is 52.6 Å². The summed E-state index contributed by atoms with van der Waals surface area (Å²) in [6.07, 6.45) is -0.547. The second-order valence-corrected chi connectivity index (χ2v) is 5.95. The molecular weight excluding hydrogens is 368 g/mol. The second-order valence-electron chi connectivity index (χ2n) is 4.45. The number of hydrogen-bond acceptors (Lipinski definition) is 4. The molecule has 1 aromatic heterocycles. The molecule has 0 saturated heterocycles. The minimum Gasteiger partial charge on any atom is -0.494 e. The van der Waals surface area contributed by atoms with Gasteiger partial charge in [0.25, 0.3) is 0 Å². The van der Waals surface area contributed by atoms with Crippen molar-refractivity contribution in [3.63, 3.8) is 0 Å². The first-order chi connectivity index (χ1) is 8.23. The van der Waals surface area contributed by atoms with Gasteiger partial charge in [-0.25, -0.2) is 9.78 Å². The maximum atomic E-state index is 11.6. The molecule has 1 heterocycles. The Morgan fingerprint density at radius 2 is 1.94 bits per heavy atom. The monoisotopic (exact) mass is 380 g/mol. The average Bonchev–Trinajstić information content (AvgIpc) is 2.19. The summed E-state index contributed by atoms with van der Waals surface area (Å²) in [7, 11) is 1.52. The third-order valence-corrected chi connectivity index (χ3v) is 2.93. The summed E-state index contributed by atoms with van der Waals surface area (Å²) in [5.41, 5.74) is -0.0759. The van der Waals surface area contributed by atoms with E-state index in [1.165, 1.54) is 7.11 Å². The maximum Gasteiger partial charge on any atom is 0.412 e. The van der Waals surface area contributed by atoms with E-state index in [0.29, 0.717) is 20.6 Å². The standard InChI is InChI=1S/C11H14Br2N2O3/c1-11(2,3)18-10(16)14-6-5-7(17-4)9(13)15-8(6)12/h5H,1-4H3,(H,14,16). The van der Waals surface area contributed by atoms with E-state index in [2.05, 4.69) is 42.2 Å². The topological polar surface area (TPSA) is 60.5 Å². The number of ether oxygens (including phenoxy) is 2. The Balaban J connectivity index is 2.88. The van der Waals surface area contributed by atoms with E-state index in [0.717, 1.165) is 0 Å². The zero-order chi connectivity index (χ0) is 13.9. The molecule has 100 valence electrons. The predicted molar refractivity (Wildman–Crippen MR) is 76.0 cm³/mol. The lowest BCUT2D eigenvalue weighted by Crippen LogP contribution is -2.27. The van der Waals surface area contributed by atoms with Crippen LogP contribution in [0.1, 0.15) is 20.8 Å². The zero-order valence-electron chi connectivity index (χ0n) is 10.5. The van der Waals surface area contributed by atoms with Gasteiger partial charge in [-0.1, -0.05) is 0 Å². The molecule has 1 rings (SSSR count). The molecule has 0 fully saturated rings. The van der Waals surface area contributed by atoms with Gasteiger partial charge < -0.3 is 9.47 Å². The summed E-state index contributed by atoms with van der Waals surface area (Å²) in [6, 6.07) is 1.64. The molecule has 0 radical (unpaired) electrons. The summed E-state index contributed by atoms with van der Waals surface area (Å²) >= 11 is 6.50. The van der Waals surface area contributed by atoms with E-state index in [1.807, 2.05) is 0 Å². The van der Waals surface area contributed by atoms with Gasteiger partial charge in [0.15, 0.2) is 5.75 Å². The Hall–Kier alpha value is -0.820. The van der Waals surface area contributed by atoms with E-state index in [-0.39, 0.29) is 0 Å². The lowest BCUT2D eigenvalue weighted by Gasteiger charge is -2.20. The Morgan fingerprint density at radius 3 is 2.44 bits per heavy atom. The molecule has 7 heteroatoms. The van der Waals surface area contributed by atoms with Gasteiger partial charge >= 0.3 is 6.09 Å². The van der Waals surface area contributed by atoms with Crippen molar-refractivity contribution in [2.24, 2.45) is 0 Å². The quantitative estimate of drug-likeness (QED) is 0.787. The van der Waals surface area contributed by atoms with Crippen LogP contribution in [-0.2, 0) is 4.74 Å². The highest BCUT2D eigenvalue weighted by molar-refractivity contribution is 9.11. The number of anilines is 1. The van der Waals surface area contributed by atoms with Gasteiger partial charge in [-0.3, -0.25) is 5.32 Å². The van der Waals surface area contributed by atoms with E-state index < -0.39 is 11.7 Å². The van der Waals surface area contributed by atoms with Crippen LogP contribution in [0.15, 0.2) is 15.3 Å². The third-order valence-electron chi connectivity index (χ3n) is 1.75. The number of aromatic nitrogens is 1. The molecule has 0 atom stereocenters. The Bertz CT molecular complexity index is 458. The van der Waals surface area contributed by atoms with E-state index >= 15 is 0 Å². The number of nitrogens with zero attached hydrogens (tertiary/aromatic N) is 1. The number of hydrogen-bond donors (Lipinski definition) is 1. The number of rotatable bonds is 2. The van der Waals surface area contributed by atoms with Crippen LogP contribution in [0, 0.1) is 0 Å². The molecule has 1 aromatic rings. The van der Waals surface area contributed by atoms with Crippen LogP contribution in [0.2, 0.25) is 0 Å². The zero-order valence-corrected chi connectivity index (χ0v) is 13.7. The van der Waals surface area contributed by atoms with Crippen LogP contribution in [0.3, 0.4) is 0 Å². The first-order valence-electron chi connectivity index (χ1n) is 5.13. The molecule has 1 amide bonds. The van der Waals surface area contributed by atoms with E-state index in [9.17, 15) is 4.79 Å². The van der Waals surface area contributed by atoms with Gasteiger partial charge in [0.05, 0.1) is 12.8 Å². The van der Waals surface area contributed by atoms with Crippen molar-refractivity contribution in [1.29, 1.82) is 0 Å². The summed E-state index contributed by atoms with van der Waals surface area (Å²) in [5.74, 6) is 0.518. The van der Waals surface area contributed by atoms with Crippen molar-refractivity contribution < 1.29 is 14.3 Å². The van der Waals surface area contributed by atoms with Crippen LogP contribution in [-0.4, -0.2) is 23.8 Å². The third kappa shape index (κ3) is 4.45. The lowest BCUT2D eigenvalue weighted by atomic mass is 10.2. The molecule has 18 heavy (non-hydrogen) atoms. The number of nitrogens with one attached hydrogen (secondary N) is 1. The van der Waals surface area contributed by atoms with Gasteiger partial charge in [0, 0.05) is 6.07 Å². The predicted octanol–water partition coefficient (Wildman–Crippen LogP) is 3.96. The van der Waals surface area contributed by atoms with E-state index in [4.69, 9.17) is 9.47 Å². The minimum absolute atomic E-state index is 0.476. The average molecular weight is 382 g/mol. The lowest BCUT2D eigenvalue weighted by molar-refractivity contribution is 0.0636. The fourth-order valence-corrected chi connectivity index (χ4v) is 2.18. The smallest absolute Gasteiger partial charge is 0.412 e. The molecular formula is C11H14Br2N2O3. The normalized spacial score (nSPS) is 11.0. The van der Waals surface area contributed by atoms with Crippen LogP contribution in [0.4, 0.5) is 10.5 Å². The molecule has 1 N–H and O–H groups in total. The van der Waals surface area contributed by atoms with Crippen molar-refractivity contribution >= 4 is 43.6 Å². The highest BCUT2D eigenvalue weighted by atomic mass is 79.9. The van der Waals surface area contributed by atoms with Gasteiger partial charge in [0.2, 0.25) is 0 Å². The molecule has 5 nitrogen and oxygen atoms in total. The molecule has 0 aliphatic rings. The van der Waals surface area contributed by atoms with Crippen molar-refractivity contribution in [3.05, 3.63) is 15.3 Å². The largest absolute Gasteiger partial charge is 0.494 e. The molecule has 0 bridgehead atoms. The molecule has 0 aliphatic heterocycles. The number of methoxy groups -OCH3 is 1. The molecule has 0 saturated carbocycles.